The molecule has 25 heavy (non-hydrogen) atoms. The summed E-state index contributed by atoms with van der Waals surface area (Å²) in [6, 6.07) is 8.59. The number of benzene rings is 1. The standard InChI is InChI=1S/C19H30N4O.HI/c20-19(23-9-5-1-2-6-10-23)21-15-17-7-3-4-8-18(17)16-22-11-13-24-14-12-22;/h3-4,7-8H,1-2,5-6,9-16H2,(H2,20,21);1H. The Morgan fingerprint density at radius 2 is 1.60 bits per heavy atom. The molecular weight excluding hydrogens is 427 g/mol. The van der Waals surface area contributed by atoms with Crippen LogP contribution in [0.25, 0.3) is 0 Å². The number of ether oxygens (including phenoxy) is 1. The molecule has 140 valence electrons. The van der Waals surface area contributed by atoms with Gasteiger partial charge in [-0.2, -0.15) is 0 Å². The van der Waals surface area contributed by atoms with Gasteiger partial charge in [-0.1, -0.05) is 37.1 Å². The van der Waals surface area contributed by atoms with E-state index in [0.717, 1.165) is 45.9 Å². The van der Waals surface area contributed by atoms with E-state index in [2.05, 4.69) is 34.1 Å². The van der Waals surface area contributed by atoms with Crippen molar-refractivity contribution in [2.24, 2.45) is 10.7 Å². The Hall–Kier alpha value is -0.860. The number of likely N-dealkylation sites (tertiary alicyclic amines) is 1. The molecule has 1 aromatic carbocycles. The van der Waals surface area contributed by atoms with E-state index in [9.17, 15) is 0 Å². The molecule has 6 heteroatoms. The summed E-state index contributed by atoms with van der Waals surface area (Å²) < 4.78 is 5.44. The van der Waals surface area contributed by atoms with Crippen LogP contribution in [0.15, 0.2) is 29.3 Å². The largest absolute Gasteiger partial charge is 0.379 e. The topological polar surface area (TPSA) is 54.1 Å². The van der Waals surface area contributed by atoms with Crippen LogP contribution in [-0.2, 0) is 17.8 Å². The van der Waals surface area contributed by atoms with Gasteiger partial charge in [0, 0.05) is 32.7 Å². The van der Waals surface area contributed by atoms with Gasteiger partial charge in [0.25, 0.3) is 0 Å². The predicted octanol–water partition coefficient (Wildman–Crippen LogP) is 2.83. The maximum absolute atomic E-state index is 6.25. The summed E-state index contributed by atoms with van der Waals surface area (Å²) in [7, 11) is 0. The molecule has 2 fully saturated rings. The van der Waals surface area contributed by atoms with E-state index in [-0.39, 0.29) is 24.0 Å². The fourth-order valence-electron chi connectivity index (χ4n) is 3.43. The zero-order chi connectivity index (χ0) is 16.6. The number of nitrogens with zero attached hydrogens (tertiary/aromatic N) is 3. The minimum absolute atomic E-state index is 0. The molecule has 0 aliphatic carbocycles. The van der Waals surface area contributed by atoms with Gasteiger partial charge in [0.1, 0.15) is 0 Å². The summed E-state index contributed by atoms with van der Waals surface area (Å²) in [4.78, 5) is 9.39. The minimum Gasteiger partial charge on any atom is -0.379 e. The van der Waals surface area contributed by atoms with Gasteiger partial charge < -0.3 is 15.4 Å². The first-order valence-electron chi connectivity index (χ1n) is 9.25. The van der Waals surface area contributed by atoms with Crippen molar-refractivity contribution >= 4 is 29.9 Å². The first kappa shape index (κ1) is 20.5. The average molecular weight is 458 g/mol. The van der Waals surface area contributed by atoms with Crippen LogP contribution in [0, 0.1) is 0 Å². The van der Waals surface area contributed by atoms with Crippen molar-refractivity contribution in [1.82, 2.24) is 9.80 Å². The van der Waals surface area contributed by atoms with Gasteiger partial charge in [-0.25, -0.2) is 4.99 Å². The first-order chi connectivity index (χ1) is 11.8. The molecular formula is C19H31IN4O. The first-order valence-corrected chi connectivity index (χ1v) is 9.25. The second-order valence-electron chi connectivity index (χ2n) is 6.73. The Bertz CT molecular complexity index is 538. The zero-order valence-corrected chi connectivity index (χ0v) is 17.4. The van der Waals surface area contributed by atoms with Crippen molar-refractivity contribution in [3.8, 4) is 0 Å². The molecule has 2 heterocycles. The van der Waals surface area contributed by atoms with Crippen LogP contribution in [0.5, 0.6) is 0 Å². The number of hydrogen-bond donors (Lipinski definition) is 1. The number of hydrogen-bond acceptors (Lipinski definition) is 3. The fraction of sp³-hybridized carbons (Fsp3) is 0.632. The van der Waals surface area contributed by atoms with Crippen molar-refractivity contribution in [1.29, 1.82) is 0 Å². The molecule has 0 spiro atoms. The van der Waals surface area contributed by atoms with Crippen LogP contribution in [0.1, 0.15) is 36.8 Å². The highest BCUT2D eigenvalue weighted by molar-refractivity contribution is 14.0. The molecule has 0 saturated carbocycles. The summed E-state index contributed by atoms with van der Waals surface area (Å²) in [5.74, 6) is 0.707. The van der Waals surface area contributed by atoms with Gasteiger partial charge >= 0.3 is 0 Å². The number of nitrogens with two attached hydrogens (primary N) is 1. The van der Waals surface area contributed by atoms with Crippen molar-refractivity contribution < 1.29 is 4.74 Å². The number of rotatable bonds is 4. The Kier molecular flexibility index (Phi) is 8.98. The van der Waals surface area contributed by atoms with Crippen molar-refractivity contribution in [2.45, 2.75) is 38.8 Å². The quantitative estimate of drug-likeness (QED) is 0.429. The van der Waals surface area contributed by atoms with Crippen molar-refractivity contribution in [2.75, 3.05) is 39.4 Å². The lowest BCUT2D eigenvalue weighted by atomic mass is 10.1. The molecule has 0 amide bonds. The molecule has 1 aromatic rings. The molecule has 5 nitrogen and oxygen atoms in total. The minimum atomic E-state index is 0. The van der Waals surface area contributed by atoms with Gasteiger partial charge in [-0.15, -0.1) is 24.0 Å². The molecule has 2 aliphatic heterocycles. The molecule has 2 saturated heterocycles. The summed E-state index contributed by atoms with van der Waals surface area (Å²) >= 11 is 0. The van der Waals surface area contributed by atoms with E-state index in [1.807, 2.05) is 0 Å². The van der Waals surface area contributed by atoms with E-state index in [1.54, 1.807) is 0 Å². The lowest BCUT2D eigenvalue weighted by Gasteiger charge is -2.27. The molecule has 2 N–H and O–H groups in total. The van der Waals surface area contributed by atoms with Crippen LogP contribution in [-0.4, -0.2) is 55.2 Å². The van der Waals surface area contributed by atoms with Crippen LogP contribution in [0.3, 0.4) is 0 Å². The Labute approximate surface area is 168 Å². The number of aliphatic imine (C=N–C) groups is 1. The third-order valence-corrected chi connectivity index (χ3v) is 4.96. The van der Waals surface area contributed by atoms with Crippen LogP contribution in [0.4, 0.5) is 0 Å². The Morgan fingerprint density at radius 3 is 2.28 bits per heavy atom. The summed E-state index contributed by atoms with van der Waals surface area (Å²) in [6.07, 6.45) is 5.08. The van der Waals surface area contributed by atoms with E-state index < -0.39 is 0 Å². The maximum atomic E-state index is 6.25. The number of guanidine groups is 1. The van der Waals surface area contributed by atoms with E-state index >= 15 is 0 Å². The fourth-order valence-corrected chi connectivity index (χ4v) is 3.43. The second-order valence-corrected chi connectivity index (χ2v) is 6.73. The van der Waals surface area contributed by atoms with E-state index in [4.69, 9.17) is 15.5 Å². The third-order valence-electron chi connectivity index (χ3n) is 4.96. The summed E-state index contributed by atoms with van der Waals surface area (Å²) in [5.41, 5.74) is 8.88. The molecule has 0 radical (unpaired) electrons. The smallest absolute Gasteiger partial charge is 0.191 e. The zero-order valence-electron chi connectivity index (χ0n) is 15.0. The van der Waals surface area contributed by atoms with Crippen LogP contribution in [0.2, 0.25) is 0 Å². The third kappa shape index (κ3) is 6.42. The van der Waals surface area contributed by atoms with Gasteiger partial charge in [0.15, 0.2) is 5.96 Å². The second kappa shape index (κ2) is 11.0. The number of halogens is 1. The Balaban J connectivity index is 0.00000225. The highest BCUT2D eigenvalue weighted by Crippen LogP contribution is 2.15. The van der Waals surface area contributed by atoms with Crippen molar-refractivity contribution in [3.05, 3.63) is 35.4 Å². The van der Waals surface area contributed by atoms with Gasteiger partial charge in [0.05, 0.1) is 19.8 Å². The number of morpholine rings is 1. The Morgan fingerprint density at radius 1 is 0.960 bits per heavy atom. The van der Waals surface area contributed by atoms with Gasteiger partial charge in [0.2, 0.25) is 0 Å². The monoisotopic (exact) mass is 458 g/mol. The molecule has 0 atom stereocenters. The molecule has 0 unspecified atom stereocenters. The lowest BCUT2D eigenvalue weighted by Crippen LogP contribution is -2.38. The predicted molar refractivity (Wildman–Crippen MR) is 113 cm³/mol. The summed E-state index contributed by atoms with van der Waals surface area (Å²) in [5, 5.41) is 0. The van der Waals surface area contributed by atoms with E-state index in [0.29, 0.717) is 12.5 Å². The van der Waals surface area contributed by atoms with Gasteiger partial charge in [-0.3, -0.25) is 4.90 Å². The summed E-state index contributed by atoms with van der Waals surface area (Å²) in [6.45, 7) is 7.42. The highest BCUT2D eigenvalue weighted by Gasteiger charge is 2.13. The molecule has 3 rings (SSSR count). The van der Waals surface area contributed by atoms with Crippen molar-refractivity contribution in [3.63, 3.8) is 0 Å². The lowest BCUT2D eigenvalue weighted by molar-refractivity contribution is 0.0341. The molecule has 2 aliphatic rings. The molecule has 0 bridgehead atoms. The average Bonchev–Trinajstić information content (AvgIpc) is 2.91. The molecule has 0 aromatic heterocycles. The SMILES string of the molecule is I.NC(=NCc1ccccc1CN1CCOCC1)N1CCCCCC1. The van der Waals surface area contributed by atoms with Crippen LogP contribution >= 0.6 is 24.0 Å². The van der Waals surface area contributed by atoms with Crippen LogP contribution < -0.4 is 5.73 Å². The maximum Gasteiger partial charge on any atom is 0.191 e. The van der Waals surface area contributed by atoms with Gasteiger partial charge in [-0.05, 0) is 24.0 Å². The normalized spacial score (nSPS) is 20.0. The highest BCUT2D eigenvalue weighted by atomic mass is 127. The van der Waals surface area contributed by atoms with E-state index in [1.165, 1.54) is 36.8 Å².